The summed E-state index contributed by atoms with van der Waals surface area (Å²) < 4.78 is 0. The zero-order chi connectivity index (χ0) is 6.91. The predicted molar refractivity (Wildman–Crippen MR) is 40.0 cm³/mol. The number of hydrogen-bond acceptors (Lipinski definition) is 1. The molecule has 1 rings (SSSR count). The van der Waals surface area contributed by atoms with E-state index in [1.165, 1.54) is 19.3 Å². The Bertz CT molecular complexity index is 125. The highest BCUT2D eigenvalue weighted by Gasteiger charge is 2.25. The lowest BCUT2D eigenvalue weighted by Gasteiger charge is -2.29. The molecule has 0 aromatic heterocycles. The highest BCUT2D eigenvalue weighted by atomic mass is 14.5. The Balaban J connectivity index is 2.60. The van der Waals surface area contributed by atoms with E-state index in [0.29, 0.717) is 0 Å². The Labute approximate surface area is 57.0 Å². The van der Waals surface area contributed by atoms with E-state index in [0.717, 1.165) is 12.1 Å². The van der Waals surface area contributed by atoms with Crippen molar-refractivity contribution in [2.75, 3.05) is 0 Å². The summed E-state index contributed by atoms with van der Waals surface area (Å²) >= 11 is 0. The maximum atomic E-state index is 7.59. The van der Waals surface area contributed by atoms with Gasteiger partial charge in [0.2, 0.25) is 0 Å². The van der Waals surface area contributed by atoms with Crippen LogP contribution in [0, 0.1) is 10.8 Å². The van der Waals surface area contributed by atoms with E-state index in [-0.39, 0.29) is 5.41 Å². The number of hydrogen-bond donors (Lipinski definition) is 1. The average Bonchev–Trinajstić information content (AvgIpc) is 1.77. The van der Waals surface area contributed by atoms with Crippen LogP contribution in [0.5, 0.6) is 0 Å². The van der Waals surface area contributed by atoms with Crippen molar-refractivity contribution in [1.82, 2.24) is 0 Å². The number of rotatable bonds is 0. The molecule has 0 aromatic carbocycles. The molecule has 1 saturated carbocycles. The molecule has 9 heavy (non-hydrogen) atoms. The van der Waals surface area contributed by atoms with Crippen molar-refractivity contribution < 1.29 is 0 Å². The van der Waals surface area contributed by atoms with Gasteiger partial charge in [0, 0.05) is 11.1 Å². The molecule has 1 nitrogen and oxygen atoms in total. The van der Waals surface area contributed by atoms with Gasteiger partial charge in [-0.15, -0.1) is 0 Å². The van der Waals surface area contributed by atoms with Crippen molar-refractivity contribution in [2.45, 2.75) is 39.5 Å². The van der Waals surface area contributed by atoms with Crippen LogP contribution in [0.25, 0.3) is 0 Å². The van der Waals surface area contributed by atoms with E-state index in [4.69, 9.17) is 5.41 Å². The van der Waals surface area contributed by atoms with Crippen LogP contribution in [-0.2, 0) is 0 Å². The predicted octanol–water partition coefficient (Wildman–Crippen LogP) is 2.61. The van der Waals surface area contributed by atoms with Crippen LogP contribution in [0.4, 0.5) is 0 Å². The second-order valence-corrected chi connectivity index (χ2v) is 3.57. The lowest BCUT2D eigenvalue weighted by atomic mass is 9.76. The van der Waals surface area contributed by atoms with E-state index < -0.39 is 0 Å². The van der Waals surface area contributed by atoms with Gasteiger partial charge in [-0.1, -0.05) is 20.3 Å². The van der Waals surface area contributed by atoms with Gasteiger partial charge in [-0.2, -0.15) is 0 Å². The molecule has 0 unspecified atom stereocenters. The molecule has 52 valence electrons. The van der Waals surface area contributed by atoms with E-state index in [1.807, 2.05) is 0 Å². The van der Waals surface area contributed by atoms with Crippen LogP contribution in [-0.4, -0.2) is 5.71 Å². The van der Waals surface area contributed by atoms with Gasteiger partial charge in [0.25, 0.3) is 0 Å². The van der Waals surface area contributed by atoms with Crippen LogP contribution >= 0.6 is 0 Å². The lowest BCUT2D eigenvalue weighted by Crippen LogP contribution is -2.26. The summed E-state index contributed by atoms with van der Waals surface area (Å²) in [6.07, 6.45) is 4.80. The molecule has 0 amide bonds. The van der Waals surface area contributed by atoms with Crippen LogP contribution < -0.4 is 0 Å². The quantitative estimate of drug-likeness (QED) is 0.514. The van der Waals surface area contributed by atoms with Gasteiger partial charge in [-0.25, -0.2) is 0 Å². The van der Waals surface area contributed by atoms with Gasteiger partial charge < -0.3 is 5.41 Å². The smallest absolute Gasteiger partial charge is 0.0145 e. The first-order valence-electron chi connectivity index (χ1n) is 3.71. The highest BCUT2D eigenvalue weighted by Crippen LogP contribution is 2.31. The average molecular weight is 125 g/mol. The van der Waals surface area contributed by atoms with Crippen LogP contribution in [0.15, 0.2) is 0 Å². The first-order chi connectivity index (χ1) is 4.13. The molecule has 1 heteroatoms. The first kappa shape index (κ1) is 6.79. The Morgan fingerprint density at radius 1 is 1.33 bits per heavy atom. The van der Waals surface area contributed by atoms with Crippen molar-refractivity contribution in [3.05, 3.63) is 0 Å². The van der Waals surface area contributed by atoms with Gasteiger partial charge >= 0.3 is 0 Å². The topological polar surface area (TPSA) is 23.9 Å². The molecule has 1 aliphatic carbocycles. The lowest BCUT2D eigenvalue weighted by molar-refractivity contribution is 0.408. The fourth-order valence-corrected chi connectivity index (χ4v) is 1.36. The Morgan fingerprint density at radius 3 is 2.33 bits per heavy atom. The standard InChI is InChI=1S/C8H15N/c1-8(2)6-4-3-5-7(8)9/h9H,3-6H2,1-2H3. The van der Waals surface area contributed by atoms with E-state index in [1.54, 1.807) is 0 Å². The fraction of sp³-hybridized carbons (Fsp3) is 0.875. The van der Waals surface area contributed by atoms with E-state index in [9.17, 15) is 0 Å². The summed E-state index contributed by atoms with van der Waals surface area (Å²) in [6.45, 7) is 4.35. The second-order valence-electron chi connectivity index (χ2n) is 3.57. The SMILES string of the molecule is CC1(C)CCCCC1=N. The van der Waals surface area contributed by atoms with Gasteiger partial charge in [0.05, 0.1) is 0 Å². The Kier molecular flexibility index (Phi) is 1.60. The molecule has 0 heterocycles. The Hall–Kier alpha value is -0.330. The number of nitrogens with one attached hydrogen (secondary N) is 1. The molecule has 0 spiro atoms. The largest absolute Gasteiger partial charge is 0.309 e. The summed E-state index contributed by atoms with van der Waals surface area (Å²) in [4.78, 5) is 0. The highest BCUT2D eigenvalue weighted by molar-refractivity contribution is 5.87. The van der Waals surface area contributed by atoms with Gasteiger partial charge in [-0.05, 0) is 19.3 Å². The molecule has 1 aliphatic rings. The third-order valence-corrected chi connectivity index (χ3v) is 2.30. The molecule has 1 fully saturated rings. The van der Waals surface area contributed by atoms with Crippen molar-refractivity contribution in [3.8, 4) is 0 Å². The van der Waals surface area contributed by atoms with Crippen LogP contribution in [0.3, 0.4) is 0 Å². The zero-order valence-electron chi connectivity index (χ0n) is 6.33. The minimum absolute atomic E-state index is 0.220. The summed E-state index contributed by atoms with van der Waals surface area (Å²) in [5.41, 5.74) is 1.17. The minimum Gasteiger partial charge on any atom is -0.309 e. The third kappa shape index (κ3) is 1.32. The maximum absolute atomic E-state index is 7.59. The second kappa shape index (κ2) is 2.13. The Morgan fingerprint density at radius 2 is 2.00 bits per heavy atom. The van der Waals surface area contributed by atoms with Gasteiger partial charge in [0.15, 0.2) is 0 Å². The summed E-state index contributed by atoms with van der Waals surface area (Å²) in [5, 5.41) is 7.59. The molecule has 0 aromatic rings. The van der Waals surface area contributed by atoms with Crippen molar-refractivity contribution in [1.29, 1.82) is 5.41 Å². The zero-order valence-corrected chi connectivity index (χ0v) is 6.33. The monoisotopic (exact) mass is 125 g/mol. The summed E-state index contributed by atoms with van der Waals surface area (Å²) in [5.74, 6) is 0. The van der Waals surface area contributed by atoms with Gasteiger partial charge in [0.1, 0.15) is 0 Å². The molecular weight excluding hydrogens is 110 g/mol. The van der Waals surface area contributed by atoms with Crippen molar-refractivity contribution in [3.63, 3.8) is 0 Å². The fourth-order valence-electron chi connectivity index (χ4n) is 1.36. The molecule has 0 bridgehead atoms. The van der Waals surface area contributed by atoms with Crippen molar-refractivity contribution >= 4 is 5.71 Å². The normalized spacial score (nSPS) is 26.2. The van der Waals surface area contributed by atoms with E-state index >= 15 is 0 Å². The molecule has 0 radical (unpaired) electrons. The molecule has 0 saturated heterocycles. The van der Waals surface area contributed by atoms with E-state index in [2.05, 4.69) is 13.8 Å². The molecule has 0 aliphatic heterocycles. The maximum Gasteiger partial charge on any atom is 0.0145 e. The van der Waals surface area contributed by atoms with Gasteiger partial charge in [-0.3, -0.25) is 0 Å². The van der Waals surface area contributed by atoms with Crippen LogP contribution in [0.2, 0.25) is 0 Å². The van der Waals surface area contributed by atoms with Crippen LogP contribution in [0.1, 0.15) is 39.5 Å². The molecular formula is C8H15N. The van der Waals surface area contributed by atoms with Crippen molar-refractivity contribution in [2.24, 2.45) is 5.41 Å². The first-order valence-corrected chi connectivity index (χ1v) is 3.71. The molecule has 0 atom stereocenters. The summed E-state index contributed by atoms with van der Waals surface area (Å²) in [6, 6.07) is 0. The third-order valence-electron chi connectivity index (χ3n) is 2.30. The minimum atomic E-state index is 0.220. The summed E-state index contributed by atoms with van der Waals surface area (Å²) in [7, 11) is 0. The molecule has 1 N–H and O–H groups in total.